The highest BCUT2D eigenvalue weighted by Gasteiger charge is 2.12. The van der Waals surface area contributed by atoms with E-state index >= 15 is 0 Å². The molecule has 0 heterocycles. The van der Waals surface area contributed by atoms with Gasteiger partial charge < -0.3 is 9.84 Å². The summed E-state index contributed by atoms with van der Waals surface area (Å²) in [6.07, 6.45) is 18.5. The van der Waals surface area contributed by atoms with Crippen molar-refractivity contribution in [2.24, 2.45) is 0 Å². The number of carboxylic acids is 1. The van der Waals surface area contributed by atoms with Gasteiger partial charge in [0, 0.05) is 0 Å². The predicted molar refractivity (Wildman–Crippen MR) is 119 cm³/mol. The van der Waals surface area contributed by atoms with Crippen molar-refractivity contribution in [2.75, 3.05) is 6.61 Å². The van der Waals surface area contributed by atoms with Gasteiger partial charge in [-0.15, -0.1) is 0 Å². The van der Waals surface area contributed by atoms with Crippen LogP contribution < -0.4 is 4.74 Å². The molecule has 1 N–H and O–H groups in total. The Balaban J connectivity index is 2.31. The minimum absolute atomic E-state index is 0.309. The smallest absolute Gasteiger partial charge is 0.339 e. The molecule has 160 valence electrons. The molecular weight excluding hydrogens is 348 g/mol. The third-order valence-corrected chi connectivity index (χ3v) is 5.35. The lowest BCUT2D eigenvalue weighted by molar-refractivity contribution is 0.0692. The highest BCUT2D eigenvalue weighted by Crippen LogP contribution is 2.22. The molecule has 0 saturated carbocycles. The first-order valence-electron chi connectivity index (χ1n) is 11.7. The Morgan fingerprint density at radius 1 is 0.786 bits per heavy atom. The fourth-order valence-electron chi connectivity index (χ4n) is 3.55. The quantitative estimate of drug-likeness (QED) is 0.260. The zero-order chi connectivity index (χ0) is 20.5. The van der Waals surface area contributed by atoms with Crippen LogP contribution >= 0.6 is 0 Å². The Labute approximate surface area is 172 Å². The van der Waals surface area contributed by atoms with Gasteiger partial charge >= 0.3 is 5.97 Å². The van der Waals surface area contributed by atoms with Crippen LogP contribution in [0.1, 0.15) is 120 Å². The minimum Gasteiger partial charge on any atom is -0.493 e. The van der Waals surface area contributed by atoms with Crippen LogP contribution in [0.2, 0.25) is 0 Å². The Morgan fingerprint density at radius 2 is 1.32 bits per heavy atom. The van der Waals surface area contributed by atoms with Gasteiger partial charge in [-0.25, -0.2) is 4.79 Å². The van der Waals surface area contributed by atoms with Crippen molar-refractivity contribution in [3.8, 4) is 5.75 Å². The number of aryl methyl sites for hydroxylation is 1. The molecule has 0 radical (unpaired) electrons. The normalized spacial score (nSPS) is 10.9. The number of carboxylic acid groups (broad SMARTS) is 1. The number of hydrogen-bond acceptors (Lipinski definition) is 2. The molecule has 1 aromatic carbocycles. The van der Waals surface area contributed by atoms with Crippen molar-refractivity contribution in [1.82, 2.24) is 0 Å². The van der Waals surface area contributed by atoms with E-state index < -0.39 is 5.97 Å². The number of hydrogen-bond donors (Lipinski definition) is 1. The van der Waals surface area contributed by atoms with E-state index in [0.29, 0.717) is 17.9 Å². The van der Waals surface area contributed by atoms with Crippen LogP contribution in [0, 0.1) is 0 Å². The summed E-state index contributed by atoms with van der Waals surface area (Å²) in [5.41, 5.74) is 1.41. The fourth-order valence-corrected chi connectivity index (χ4v) is 3.55. The van der Waals surface area contributed by atoms with Crippen molar-refractivity contribution in [1.29, 1.82) is 0 Å². The van der Waals surface area contributed by atoms with Gasteiger partial charge in [-0.1, -0.05) is 97.0 Å². The highest BCUT2D eigenvalue weighted by atomic mass is 16.5. The molecule has 0 spiro atoms. The maximum Gasteiger partial charge on any atom is 0.339 e. The molecule has 0 aromatic heterocycles. The summed E-state index contributed by atoms with van der Waals surface area (Å²) in [6, 6.07) is 5.68. The Hall–Kier alpha value is -1.51. The summed E-state index contributed by atoms with van der Waals surface area (Å²) in [6.45, 7) is 5.07. The van der Waals surface area contributed by atoms with E-state index in [2.05, 4.69) is 13.8 Å². The third-order valence-electron chi connectivity index (χ3n) is 5.35. The summed E-state index contributed by atoms with van der Waals surface area (Å²) >= 11 is 0. The monoisotopic (exact) mass is 390 g/mol. The van der Waals surface area contributed by atoms with Gasteiger partial charge in [-0.3, -0.25) is 0 Å². The zero-order valence-electron chi connectivity index (χ0n) is 18.3. The second-order valence-electron chi connectivity index (χ2n) is 7.98. The minimum atomic E-state index is -0.893. The van der Waals surface area contributed by atoms with Crippen LogP contribution in [0.5, 0.6) is 5.75 Å². The van der Waals surface area contributed by atoms with Gasteiger partial charge in [-0.05, 0) is 37.0 Å². The fraction of sp³-hybridized carbons (Fsp3) is 0.720. The molecule has 28 heavy (non-hydrogen) atoms. The van der Waals surface area contributed by atoms with E-state index in [-0.39, 0.29) is 0 Å². The van der Waals surface area contributed by atoms with Crippen LogP contribution in [0.25, 0.3) is 0 Å². The third kappa shape index (κ3) is 11.4. The van der Waals surface area contributed by atoms with Crippen molar-refractivity contribution in [3.63, 3.8) is 0 Å². The Bertz CT molecular complexity index is 525. The molecule has 0 atom stereocenters. The van der Waals surface area contributed by atoms with E-state index in [1.54, 1.807) is 6.07 Å². The summed E-state index contributed by atoms with van der Waals surface area (Å²) in [5.74, 6) is -0.377. The second kappa shape index (κ2) is 16.4. The first kappa shape index (κ1) is 24.5. The molecule has 0 aliphatic heterocycles. The number of ether oxygens (including phenoxy) is 1. The lowest BCUT2D eigenvalue weighted by Gasteiger charge is -2.11. The number of rotatable bonds is 18. The van der Waals surface area contributed by atoms with E-state index in [0.717, 1.165) is 31.2 Å². The van der Waals surface area contributed by atoms with Crippen molar-refractivity contribution in [2.45, 2.75) is 110 Å². The zero-order valence-corrected chi connectivity index (χ0v) is 18.3. The average molecular weight is 391 g/mol. The molecule has 1 rings (SSSR count). The van der Waals surface area contributed by atoms with Crippen LogP contribution in [0.15, 0.2) is 18.2 Å². The highest BCUT2D eigenvalue weighted by molar-refractivity contribution is 5.91. The van der Waals surface area contributed by atoms with E-state index in [4.69, 9.17) is 4.74 Å². The van der Waals surface area contributed by atoms with Crippen LogP contribution in [0.4, 0.5) is 0 Å². The first-order valence-corrected chi connectivity index (χ1v) is 11.7. The molecule has 0 fully saturated rings. The Morgan fingerprint density at radius 3 is 1.89 bits per heavy atom. The number of unbranched alkanes of at least 4 members (excludes halogenated alkanes) is 12. The molecule has 3 nitrogen and oxygen atoms in total. The van der Waals surface area contributed by atoms with Gasteiger partial charge in [0.05, 0.1) is 6.61 Å². The lowest BCUT2D eigenvalue weighted by atomic mass is 10.0. The van der Waals surface area contributed by atoms with Gasteiger partial charge in [0.15, 0.2) is 0 Å². The largest absolute Gasteiger partial charge is 0.493 e. The molecule has 0 aliphatic rings. The second-order valence-corrected chi connectivity index (χ2v) is 7.98. The van der Waals surface area contributed by atoms with Crippen molar-refractivity contribution >= 4 is 5.97 Å². The van der Waals surface area contributed by atoms with E-state index in [1.807, 2.05) is 12.1 Å². The van der Waals surface area contributed by atoms with Gasteiger partial charge in [0.1, 0.15) is 11.3 Å². The number of carbonyl (C=O) groups is 1. The standard InChI is InChI=1S/C25H42O3/c1-3-5-7-9-11-13-15-17-22-18-19-24(23(21-22)25(26)27)28-20-16-14-12-10-8-6-4-2/h18-19,21H,3-17,20H2,1-2H3,(H,26,27). The molecule has 0 saturated heterocycles. The molecule has 0 unspecified atom stereocenters. The molecule has 1 aromatic rings. The topological polar surface area (TPSA) is 46.5 Å². The molecule has 3 heteroatoms. The van der Waals surface area contributed by atoms with Gasteiger partial charge in [0.2, 0.25) is 0 Å². The van der Waals surface area contributed by atoms with Crippen molar-refractivity contribution < 1.29 is 14.6 Å². The van der Waals surface area contributed by atoms with E-state index in [1.165, 1.54) is 70.6 Å². The first-order chi connectivity index (χ1) is 13.7. The van der Waals surface area contributed by atoms with Gasteiger partial charge in [-0.2, -0.15) is 0 Å². The summed E-state index contributed by atoms with van der Waals surface area (Å²) in [4.78, 5) is 11.6. The van der Waals surface area contributed by atoms with Crippen molar-refractivity contribution in [3.05, 3.63) is 29.3 Å². The van der Waals surface area contributed by atoms with E-state index in [9.17, 15) is 9.90 Å². The summed E-state index contributed by atoms with van der Waals surface area (Å²) < 4.78 is 5.78. The number of aromatic carboxylic acids is 1. The van der Waals surface area contributed by atoms with Crippen LogP contribution in [0.3, 0.4) is 0 Å². The average Bonchev–Trinajstić information content (AvgIpc) is 2.69. The molecule has 0 bridgehead atoms. The summed E-state index contributed by atoms with van der Waals surface area (Å²) in [7, 11) is 0. The molecular formula is C25H42O3. The SMILES string of the molecule is CCCCCCCCCOc1ccc(CCCCCCCCC)cc1C(=O)O. The lowest BCUT2D eigenvalue weighted by Crippen LogP contribution is -2.05. The molecule has 0 amide bonds. The maximum atomic E-state index is 11.6. The Kier molecular flexibility index (Phi) is 14.4. The summed E-state index contributed by atoms with van der Waals surface area (Å²) in [5, 5.41) is 9.53. The maximum absolute atomic E-state index is 11.6. The predicted octanol–water partition coefficient (Wildman–Crippen LogP) is 7.81. The number of benzene rings is 1. The molecule has 0 aliphatic carbocycles. The van der Waals surface area contributed by atoms with Gasteiger partial charge in [0.25, 0.3) is 0 Å². The van der Waals surface area contributed by atoms with Crippen LogP contribution in [-0.4, -0.2) is 17.7 Å². The van der Waals surface area contributed by atoms with Crippen LogP contribution in [-0.2, 0) is 6.42 Å².